The van der Waals surface area contributed by atoms with E-state index in [2.05, 4.69) is 14.4 Å². The van der Waals surface area contributed by atoms with Crippen LogP contribution in [0.2, 0.25) is 0 Å². The van der Waals surface area contributed by atoms with Crippen LogP contribution in [0.3, 0.4) is 0 Å². The molecule has 0 unspecified atom stereocenters. The number of sulfonamides is 2. The summed E-state index contributed by atoms with van der Waals surface area (Å²) in [4.78, 5) is 14.9. The molecule has 11 heteroatoms. The highest BCUT2D eigenvalue weighted by Crippen LogP contribution is 2.20. The quantitative estimate of drug-likeness (QED) is 0.531. The van der Waals surface area contributed by atoms with E-state index in [0.717, 1.165) is 19.3 Å². The van der Waals surface area contributed by atoms with Crippen LogP contribution >= 0.6 is 0 Å². The molecule has 0 atom stereocenters. The summed E-state index contributed by atoms with van der Waals surface area (Å²) in [5, 5.41) is 8.73. The van der Waals surface area contributed by atoms with Crippen LogP contribution in [0.25, 0.3) is 0 Å². The zero-order valence-electron chi connectivity index (χ0n) is 17.3. The molecule has 0 aromatic heterocycles. The number of hydrogen-bond donors (Lipinski definition) is 3. The van der Waals surface area contributed by atoms with Gasteiger partial charge < -0.3 is 5.11 Å². The SMILES string of the molecule is O=C(O)CCc1ccc(S(=O)(=O)Nc2ccc(S(=O)(=O)NC3=NCCCCC3)cc2)cc1. The van der Waals surface area contributed by atoms with E-state index in [-0.39, 0.29) is 21.9 Å². The summed E-state index contributed by atoms with van der Waals surface area (Å²) in [7, 11) is -7.69. The average Bonchev–Trinajstić information content (AvgIpc) is 3.01. The minimum absolute atomic E-state index is 0.00942. The highest BCUT2D eigenvalue weighted by atomic mass is 32.2. The molecule has 2 aromatic rings. The Kier molecular flexibility index (Phi) is 7.52. The van der Waals surface area contributed by atoms with Gasteiger partial charge in [-0.3, -0.25) is 19.2 Å². The van der Waals surface area contributed by atoms with Crippen LogP contribution < -0.4 is 9.44 Å². The van der Waals surface area contributed by atoms with Crippen molar-refractivity contribution in [2.24, 2.45) is 4.99 Å². The topological polar surface area (TPSA) is 142 Å². The van der Waals surface area contributed by atoms with Gasteiger partial charge in [0.1, 0.15) is 5.84 Å². The van der Waals surface area contributed by atoms with Gasteiger partial charge in [0.2, 0.25) is 0 Å². The van der Waals surface area contributed by atoms with Gasteiger partial charge in [0.25, 0.3) is 20.0 Å². The monoisotopic (exact) mass is 479 g/mol. The lowest BCUT2D eigenvalue weighted by molar-refractivity contribution is -0.136. The molecule has 0 radical (unpaired) electrons. The minimum Gasteiger partial charge on any atom is -0.481 e. The molecule has 0 bridgehead atoms. The molecule has 3 N–H and O–H groups in total. The van der Waals surface area contributed by atoms with Crippen molar-refractivity contribution in [2.45, 2.75) is 48.3 Å². The molecule has 0 spiro atoms. The van der Waals surface area contributed by atoms with Gasteiger partial charge in [-0.05, 0) is 61.2 Å². The van der Waals surface area contributed by atoms with Crippen molar-refractivity contribution in [1.29, 1.82) is 0 Å². The molecule has 1 heterocycles. The molecule has 0 saturated carbocycles. The first-order valence-corrected chi connectivity index (χ1v) is 13.1. The number of anilines is 1. The zero-order chi connectivity index (χ0) is 23.2. The molecule has 0 amide bonds. The van der Waals surface area contributed by atoms with Crippen molar-refractivity contribution in [3.8, 4) is 0 Å². The predicted molar refractivity (Wildman–Crippen MR) is 121 cm³/mol. The lowest BCUT2D eigenvalue weighted by Gasteiger charge is -2.11. The highest BCUT2D eigenvalue weighted by Gasteiger charge is 2.19. The third-order valence-electron chi connectivity index (χ3n) is 4.90. The second-order valence-electron chi connectivity index (χ2n) is 7.41. The second-order valence-corrected chi connectivity index (χ2v) is 10.8. The van der Waals surface area contributed by atoms with Crippen LogP contribution in [0.15, 0.2) is 63.3 Å². The molecule has 2 aromatic carbocycles. The number of carboxylic acid groups (broad SMARTS) is 1. The minimum atomic E-state index is -3.89. The fraction of sp³-hybridized carbons (Fsp3) is 0.333. The number of aryl methyl sites for hydroxylation is 1. The molecule has 32 heavy (non-hydrogen) atoms. The van der Waals surface area contributed by atoms with Crippen LogP contribution in [0, 0.1) is 0 Å². The summed E-state index contributed by atoms with van der Waals surface area (Å²) in [5.74, 6) is -0.481. The molecule has 1 aliphatic heterocycles. The van der Waals surface area contributed by atoms with Gasteiger partial charge in [-0.25, -0.2) is 16.8 Å². The Bertz CT molecular complexity index is 1190. The molecule has 3 rings (SSSR count). The fourth-order valence-corrected chi connectivity index (χ4v) is 5.32. The van der Waals surface area contributed by atoms with Crippen molar-refractivity contribution in [2.75, 3.05) is 11.3 Å². The maximum Gasteiger partial charge on any atom is 0.303 e. The van der Waals surface area contributed by atoms with Crippen molar-refractivity contribution in [3.63, 3.8) is 0 Å². The van der Waals surface area contributed by atoms with Crippen LogP contribution in [0.4, 0.5) is 5.69 Å². The van der Waals surface area contributed by atoms with Crippen molar-refractivity contribution in [3.05, 3.63) is 54.1 Å². The lowest BCUT2D eigenvalue weighted by atomic mass is 10.1. The van der Waals surface area contributed by atoms with Gasteiger partial charge in [-0.1, -0.05) is 18.6 Å². The maximum atomic E-state index is 12.6. The fourth-order valence-electron chi connectivity index (χ4n) is 3.17. The van der Waals surface area contributed by atoms with E-state index in [4.69, 9.17) is 5.11 Å². The molecular weight excluding hydrogens is 454 g/mol. The number of aliphatic carboxylic acids is 1. The predicted octanol–water partition coefficient (Wildman–Crippen LogP) is 2.76. The Morgan fingerprint density at radius 3 is 2.06 bits per heavy atom. The van der Waals surface area contributed by atoms with Crippen molar-refractivity contribution >= 4 is 37.5 Å². The van der Waals surface area contributed by atoms with E-state index in [1.54, 1.807) is 12.1 Å². The van der Waals surface area contributed by atoms with Gasteiger partial charge in [-0.15, -0.1) is 0 Å². The van der Waals surface area contributed by atoms with E-state index in [9.17, 15) is 21.6 Å². The number of hydrogen-bond acceptors (Lipinski definition) is 6. The third-order valence-corrected chi connectivity index (χ3v) is 7.70. The molecule has 172 valence electrons. The Balaban J connectivity index is 1.67. The van der Waals surface area contributed by atoms with Gasteiger partial charge in [0.05, 0.1) is 9.79 Å². The first-order chi connectivity index (χ1) is 15.2. The van der Waals surface area contributed by atoms with Crippen LogP contribution in [0.5, 0.6) is 0 Å². The summed E-state index contributed by atoms with van der Waals surface area (Å²) in [6, 6.07) is 11.3. The largest absolute Gasteiger partial charge is 0.481 e. The van der Waals surface area contributed by atoms with Gasteiger partial charge in [0, 0.05) is 25.1 Å². The number of nitrogens with one attached hydrogen (secondary N) is 2. The molecular formula is C21H25N3O6S2. The zero-order valence-corrected chi connectivity index (χ0v) is 19.0. The highest BCUT2D eigenvalue weighted by molar-refractivity contribution is 7.92. The van der Waals surface area contributed by atoms with Crippen LogP contribution in [-0.2, 0) is 31.3 Å². The summed E-state index contributed by atoms with van der Waals surface area (Å²) in [6.07, 6.45) is 3.66. The van der Waals surface area contributed by atoms with E-state index < -0.39 is 26.0 Å². The van der Waals surface area contributed by atoms with E-state index in [1.807, 2.05) is 0 Å². The van der Waals surface area contributed by atoms with Crippen molar-refractivity contribution < 1.29 is 26.7 Å². The lowest BCUT2D eigenvalue weighted by Crippen LogP contribution is -2.30. The smallest absolute Gasteiger partial charge is 0.303 e. The van der Waals surface area contributed by atoms with Crippen LogP contribution in [-0.4, -0.2) is 40.3 Å². The molecule has 9 nitrogen and oxygen atoms in total. The van der Waals surface area contributed by atoms with Gasteiger partial charge >= 0.3 is 5.97 Å². The first-order valence-electron chi connectivity index (χ1n) is 10.2. The number of benzene rings is 2. The van der Waals surface area contributed by atoms with E-state index >= 15 is 0 Å². The van der Waals surface area contributed by atoms with Crippen molar-refractivity contribution in [1.82, 2.24) is 4.72 Å². The number of rotatable bonds is 8. The number of nitrogens with zero attached hydrogens (tertiary/aromatic N) is 1. The normalized spacial score (nSPS) is 14.8. The molecule has 0 aliphatic carbocycles. The number of carboxylic acids is 1. The third kappa shape index (κ3) is 6.54. The standard InChI is InChI=1S/C21H25N3O6S2/c25-21(26)14-7-16-5-10-18(11-6-16)31(27,28)23-17-8-12-19(13-9-17)32(29,30)24-20-4-2-1-3-15-22-20/h5-6,8-13,23H,1-4,7,14-15H2,(H,22,24)(H,25,26). The Labute approximate surface area is 187 Å². The number of amidine groups is 1. The van der Waals surface area contributed by atoms with E-state index in [1.165, 1.54) is 36.4 Å². The summed E-state index contributed by atoms with van der Waals surface area (Å²) in [5.41, 5.74) is 0.928. The second kappa shape index (κ2) is 10.1. The van der Waals surface area contributed by atoms with Gasteiger partial charge in [-0.2, -0.15) is 0 Å². The number of aliphatic imine (C=N–C) groups is 1. The molecule has 0 saturated heterocycles. The van der Waals surface area contributed by atoms with E-state index in [0.29, 0.717) is 30.8 Å². The molecule has 1 aliphatic rings. The average molecular weight is 480 g/mol. The number of carbonyl (C=O) groups is 1. The summed E-state index contributed by atoms with van der Waals surface area (Å²) in [6.45, 7) is 0.596. The first kappa shape index (κ1) is 23.7. The van der Waals surface area contributed by atoms with Crippen LogP contribution in [0.1, 0.15) is 37.7 Å². The Morgan fingerprint density at radius 2 is 1.44 bits per heavy atom. The summed E-state index contributed by atoms with van der Waals surface area (Å²) >= 11 is 0. The summed E-state index contributed by atoms with van der Waals surface area (Å²) < 4.78 is 55.3. The Morgan fingerprint density at radius 1 is 0.844 bits per heavy atom. The Hall–Kier alpha value is -2.92. The maximum absolute atomic E-state index is 12.6. The molecule has 0 fully saturated rings. The van der Waals surface area contributed by atoms with Gasteiger partial charge in [0.15, 0.2) is 0 Å².